The molecule has 98 valence electrons. The first-order valence-corrected chi connectivity index (χ1v) is 6.00. The Balaban J connectivity index is 1.65. The molecule has 3 atom stereocenters. The molecule has 6 nitrogen and oxygen atoms in total. The van der Waals surface area contributed by atoms with Crippen LogP contribution in [0.25, 0.3) is 0 Å². The second-order valence-corrected chi connectivity index (χ2v) is 4.37. The van der Waals surface area contributed by atoms with Gasteiger partial charge in [0.15, 0.2) is 6.10 Å². The first-order chi connectivity index (χ1) is 8.27. The first-order valence-electron chi connectivity index (χ1n) is 6.00. The van der Waals surface area contributed by atoms with Crippen molar-refractivity contribution in [2.24, 2.45) is 5.92 Å². The molecule has 0 aliphatic carbocycles. The van der Waals surface area contributed by atoms with Crippen LogP contribution in [-0.2, 0) is 23.8 Å². The largest absolute Gasteiger partial charge is 0.381 e. The van der Waals surface area contributed by atoms with Crippen molar-refractivity contribution in [2.45, 2.75) is 25.6 Å². The van der Waals surface area contributed by atoms with Gasteiger partial charge in [-0.2, -0.15) is 0 Å². The third-order valence-electron chi connectivity index (χ3n) is 2.96. The van der Waals surface area contributed by atoms with Crippen molar-refractivity contribution in [3.05, 3.63) is 0 Å². The quantitative estimate of drug-likeness (QED) is 0.699. The topological polar surface area (TPSA) is 66.0 Å². The van der Waals surface area contributed by atoms with Crippen LogP contribution in [0.3, 0.4) is 0 Å². The Morgan fingerprint density at radius 2 is 2.18 bits per heavy atom. The van der Waals surface area contributed by atoms with E-state index in [2.05, 4.69) is 5.48 Å². The lowest BCUT2D eigenvalue weighted by Crippen LogP contribution is -2.47. The molecule has 0 spiro atoms. The fourth-order valence-electron chi connectivity index (χ4n) is 1.92. The van der Waals surface area contributed by atoms with Gasteiger partial charge < -0.3 is 14.2 Å². The number of carbonyl (C=O) groups excluding carboxylic acids is 1. The average Bonchev–Trinajstić information content (AvgIpc) is 2.82. The molecular formula is C11H19NO5. The SMILES string of the molecule is C[C@@H]1OCCO[C@@H]1C(=O)NOCC1CCOC1. The number of carbonyl (C=O) groups is 1. The molecule has 1 N–H and O–H groups in total. The average molecular weight is 245 g/mol. The maximum Gasteiger partial charge on any atom is 0.275 e. The zero-order valence-electron chi connectivity index (χ0n) is 10.0. The molecule has 0 aromatic heterocycles. The van der Waals surface area contributed by atoms with Crippen LogP contribution in [0.2, 0.25) is 0 Å². The van der Waals surface area contributed by atoms with E-state index in [9.17, 15) is 4.79 Å². The van der Waals surface area contributed by atoms with E-state index in [1.807, 2.05) is 6.92 Å². The Morgan fingerprint density at radius 1 is 1.35 bits per heavy atom. The summed E-state index contributed by atoms with van der Waals surface area (Å²) in [6.45, 7) is 4.75. The highest BCUT2D eigenvalue weighted by atomic mass is 16.7. The van der Waals surface area contributed by atoms with Gasteiger partial charge in [0, 0.05) is 12.5 Å². The minimum Gasteiger partial charge on any atom is -0.381 e. The second-order valence-electron chi connectivity index (χ2n) is 4.37. The fourth-order valence-corrected chi connectivity index (χ4v) is 1.92. The minimum atomic E-state index is -0.580. The van der Waals surface area contributed by atoms with Crippen LogP contribution in [0, 0.1) is 5.92 Å². The Bertz CT molecular complexity index is 254. The molecule has 2 aliphatic rings. The van der Waals surface area contributed by atoms with Crippen LogP contribution in [0.4, 0.5) is 0 Å². The maximum atomic E-state index is 11.7. The monoisotopic (exact) mass is 245 g/mol. The van der Waals surface area contributed by atoms with Gasteiger partial charge in [-0.15, -0.1) is 0 Å². The lowest BCUT2D eigenvalue weighted by atomic mass is 10.1. The van der Waals surface area contributed by atoms with E-state index in [0.29, 0.717) is 32.3 Å². The molecule has 2 saturated heterocycles. The number of hydrogen-bond donors (Lipinski definition) is 1. The summed E-state index contributed by atoms with van der Waals surface area (Å²) in [7, 11) is 0. The van der Waals surface area contributed by atoms with Gasteiger partial charge in [0.2, 0.25) is 0 Å². The van der Waals surface area contributed by atoms with Gasteiger partial charge in [-0.25, -0.2) is 5.48 Å². The van der Waals surface area contributed by atoms with E-state index in [1.165, 1.54) is 0 Å². The van der Waals surface area contributed by atoms with Crippen LogP contribution in [0.15, 0.2) is 0 Å². The van der Waals surface area contributed by atoms with Crippen LogP contribution in [0.5, 0.6) is 0 Å². The number of hydrogen-bond acceptors (Lipinski definition) is 5. The fraction of sp³-hybridized carbons (Fsp3) is 0.909. The van der Waals surface area contributed by atoms with E-state index >= 15 is 0 Å². The second kappa shape index (κ2) is 6.30. The molecule has 0 aromatic carbocycles. The van der Waals surface area contributed by atoms with Crippen molar-refractivity contribution in [1.29, 1.82) is 0 Å². The number of rotatable bonds is 4. The van der Waals surface area contributed by atoms with Gasteiger partial charge in [0.05, 0.1) is 32.5 Å². The Kier molecular flexibility index (Phi) is 4.73. The zero-order valence-corrected chi connectivity index (χ0v) is 10.0. The Hall–Kier alpha value is -0.690. The molecule has 0 bridgehead atoms. The van der Waals surface area contributed by atoms with E-state index in [4.69, 9.17) is 19.0 Å². The van der Waals surface area contributed by atoms with Crippen molar-refractivity contribution in [1.82, 2.24) is 5.48 Å². The third-order valence-corrected chi connectivity index (χ3v) is 2.96. The summed E-state index contributed by atoms with van der Waals surface area (Å²) in [5.41, 5.74) is 2.41. The van der Waals surface area contributed by atoms with Crippen molar-refractivity contribution in [3.63, 3.8) is 0 Å². The highest BCUT2D eigenvalue weighted by molar-refractivity contribution is 5.80. The zero-order chi connectivity index (χ0) is 12.1. The van der Waals surface area contributed by atoms with Gasteiger partial charge in [0.1, 0.15) is 0 Å². The molecular weight excluding hydrogens is 226 g/mol. The van der Waals surface area contributed by atoms with Crippen molar-refractivity contribution in [2.75, 3.05) is 33.0 Å². The molecule has 2 fully saturated rings. The highest BCUT2D eigenvalue weighted by Gasteiger charge is 2.30. The van der Waals surface area contributed by atoms with E-state index < -0.39 is 6.10 Å². The number of amides is 1. The Labute approximate surface area is 100 Å². The molecule has 1 amide bonds. The lowest BCUT2D eigenvalue weighted by molar-refractivity contribution is -0.172. The van der Waals surface area contributed by atoms with Gasteiger partial charge in [-0.05, 0) is 13.3 Å². The molecule has 0 saturated carbocycles. The van der Waals surface area contributed by atoms with Gasteiger partial charge >= 0.3 is 0 Å². The van der Waals surface area contributed by atoms with E-state index in [1.54, 1.807) is 0 Å². The number of nitrogens with one attached hydrogen (secondary N) is 1. The summed E-state index contributed by atoms with van der Waals surface area (Å²) < 4.78 is 15.9. The van der Waals surface area contributed by atoms with Crippen molar-refractivity contribution < 1.29 is 23.8 Å². The summed E-state index contributed by atoms with van der Waals surface area (Å²) in [5.74, 6) is 0.0902. The normalized spacial score (nSPS) is 33.6. The summed E-state index contributed by atoms with van der Waals surface area (Å²) in [6, 6.07) is 0. The van der Waals surface area contributed by atoms with E-state index in [0.717, 1.165) is 13.0 Å². The predicted molar refractivity (Wildman–Crippen MR) is 58.2 cm³/mol. The van der Waals surface area contributed by atoms with E-state index in [-0.39, 0.29) is 12.0 Å². The molecule has 2 aliphatic heterocycles. The van der Waals surface area contributed by atoms with Gasteiger partial charge in [0.25, 0.3) is 5.91 Å². The standard InChI is InChI=1S/C11H19NO5/c1-8-10(16-5-4-15-8)11(13)12-17-7-9-2-3-14-6-9/h8-10H,2-7H2,1H3,(H,12,13)/t8-,9?,10-/m0/s1. The third kappa shape index (κ3) is 3.64. The smallest absolute Gasteiger partial charge is 0.275 e. The number of ether oxygens (including phenoxy) is 3. The van der Waals surface area contributed by atoms with Gasteiger partial charge in [-0.3, -0.25) is 9.63 Å². The highest BCUT2D eigenvalue weighted by Crippen LogP contribution is 2.12. The molecule has 6 heteroatoms. The molecule has 0 aromatic rings. The molecule has 1 unspecified atom stereocenters. The number of hydroxylamine groups is 1. The maximum absolute atomic E-state index is 11.7. The van der Waals surface area contributed by atoms with Crippen molar-refractivity contribution >= 4 is 5.91 Å². The van der Waals surface area contributed by atoms with Crippen LogP contribution >= 0.6 is 0 Å². The van der Waals surface area contributed by atoms with Crippen LogP contribution < -0.4 is 5.48 Å². The molecule has 0 radical (unpaired) electrons. The summed E-state index contributed by atoms with van der Waals surface area (Å²) in [4.78, 5) is 16.9. The van der Waals surface area contributed by atoms with Crippen LogP contribution in [0.1, 0.15) is 13.3 Å². The lowest BCUT2D eigenvalue weighted by Gasteiger charge is -2.28. The first kappa shape index (κ1) is 12.8. The van der Waals surface area contributed by atoms with Gasteiger partial charge in [-0.1, -0.05) is 0 Å². The minimum absolute atomic E-state index is 0.234. The summed E-state index contributed by atoms with van der Waals surface area (Å²) in [6.07, 6.45) is 0.167. The molecule has 17 heavy (non-hydrogen) atoms. The Morgan fingerprint density at radius 3 is 2.88 bits per heavy atom. The van der Waals surface area contributed by atoms with Crippen LogP contribution in [-0.4, -0.2) is 51.1 Å². The molecule has 2 rings (SSSR count). The predicted octanol–water partition coefficient (Wildman–Crippen LogP) is -0.125. The summed E-state index contributed by atoms with van der Waals surface area (Å²) in [5, 5.41) is 0. The summed E-state index contributed by atoms with van der Waals surface area (Å²) >= 11 is 0. The van der Waals surface area contributed by atoms with Crippen molar-refractivity contribution in [3.8, 4) is 0 Å². The molecule has 2 heterocycles.